The summed E-state index contributed by atoms with van der Waals surface area (Å²) < 4.78 is 5.95. The SMILES string of the molecule is CNCCC(N)C(O)c1ccc(OC)c(Br)c1. The number of rotatable bonds is 6. The monoisotopic (exact) mass is 302 g/mol. The second-order valence-corrected chi connectivity index (χ2v) is 4.75. The molecule has 0 radical (unpaired) electrons. The summed E-state index contributed by atoms with van der Waals surface area (Å²) >= 11 is 3.39. The predicted molar refractivity (Wildman–Crippen MR) is 72.2 cm³/mol. The Balaban J connectivity index is 2.74. The van der Waals surface area contributed by atoms with Gasteiger partial charge in [0.1, 0.15) is 5.75 Å². The molecule has 4 nitrogen and oxygen atoms in total. The van der Waals surface area contributed by atoms with E-state index in [1.807, 2.05) is 25.2 Å². The van der Waals surface area contributed by atoms with Gasteiger partial charge in [0.05, 0.1) is 17.7 Å². The van der Waals surface area contributed by atoms with Gasteiger partial charge in [-0.15, -0.1) is 0 Å². The first kappa shape index (κ1) is 14.4. The number of nitrogens with two attached hydrogens (primary N) is 1. The molecule has 0 fully saturated rings. The zero-order chi connectivity index (χ0) is 12.8. The molecule has 17 heavy (non-hydrogen) atoms. The fourth-order valence-corrected chi connectivity index (χ4v) is 2.14. The molecule has 0 saturated heterocycles. The number of nitrogens with one attached hydrogen (secondary N) is 1. The van der Waals surface area contributed by atoms with Gasteiger partial charge in [-0.2, -0.15) is 0 Å². The van der Waals surface area contributed by atoms with Crippen molar-refractivity contribution in [3.05, 3.63) is 28.2 Å². The van der Waals surface area contributed by atoms with E-state index < -0.39 is 6.10 Å². The molecule has 1 aromatic rings. The van der Waals surface area contributed by atoms with Crippen LogP contribution in [0.4, 0.5) is 0 Å². The van der Waals surface area contributed by atoms with E-state index >= 15 is 0 Å². The number of benzene rings is 1. The van der Waals surface area contributed by atoms with Crippen LogP contribution in [-0.2, 0) is 0 Å². The minimum Gasteiger partial charge on any atom is -0.496 e. The van der Waals surface area contributed by atoms with Gasteiger partial charge in [0.2, 0.25) is 0 Å². The highest BCUT2D eigenvalue weighted by atomic mass is 79.9. The van der Waals surface area contributed by atoms with Crippen LogP contribution in [0.25, 0.3) is 0 Å². The second kappa shape index (κ2) is 6.96. The van der Waals surface area contributed by atoms with E-state index in [2.05, 4.69) is 21.2 Å². The highest BCUT2D eigenvalue weighted by Crippen LogP contribution is 2.29. The summed E-state index contributed by atoms with van der Waals surface area (Å²) in [6, 6.07) is 5.20. The van der Waals surface area contributed by atoms with E-state index in [4.69, 9.17) is 10.5 Å². The van der Waals surface area contributed by atoms with E-state index in [-0.39, 0.29) is 6.04 Å². The Kier molecular flexibility index (Phi) is 5.91. The van der Waals surface area contributed by atoms with Crippen molar-refractivity contribution in [2.75, 3.05) is 20.7 Å². The van der Waals surface area contributed by atoms with Crippen LogP contribution >= 0.6 is 15.9 Å². The van der Waals surface area contributed by atoms with Gasteiger partial charge in [0.25, 0.3) is 0 Å². The average molecular weight is 303 g/mol. The number of hydrogen-bond donors (Lipinski definition) is 3. The smallest absolute Gasteiger partial charge is 0.133 e. The maximum atomic E-state index is 10.1. The normalized spacial score (nSPS) is 14.4. The second-order valence-electron chi connectivity index (χ2n) is 3.89. The summed E-state index contributed by atoms with van der Waals surface area (Å²) in [6.07, 6.45) is 0.0620. The highest BCUT2D eigenvalue weighted by molar-refractivity contribution is 9.10. The summed E-state index contributed by atoms with van der Waals surface area (Å²) in [5, 5.41) is 13.1. The molecular weight excluding hydrogens is 284 g/mol. The lowest BCUT2D eigenvalue weighted by molar-refractivity contribution is 0.142. The molecule has 0 aliphatic carbocycles. The average Bonchev–Trinajstić information content (AvgIpc) is 2.34. The number of aliphatic hydroxyl groups excluding tert-OH is 1. The molecule has 0 amide bonds. The number of methoxy groups -OCH3 is 1. The van der Waals surface area contributed by atoms with Gasteiger partial charge in [-0.3, -0.25) is 0 Å². The quantitative estimate of drug-likeness (QED) is 0.744. The molecule has 4 N–H and O–H groups in total. The number of aliphatic hydroxyl groups is 1. The van der Waals surface area contributed by atoms with Crippen LogP contribution in [0, 0.1) is 0 Å². The summed E-state index contributed by atoms with van der Waals surface area (Å²) in [7, 11) is 3.47. The molecule has 0 aliphatic heterocycles. The fourth-order valence-electron chi connectivity index (χ4n) is 1.58. The maximum absolute atomic E-state index is 10.1. The van der Waals surface area contributed by atoms with Crippen LogP contribution in [0.15, 0.2) is 22.7 Å². The largest absolute Gasteiger partial charge is 0.496 e. The maximum Gasteiger partial charge on any atom is 0.133 e. The first-order valence-corrected chi connectivity index (χ1v) is 6.31. The molecule has 0 saturated carbocycles. The molecule has 5 heteroatoms. The number of hydrogen-bond acceptors (Lipinski definition) is 4. The molecule has 2 unspecified atom stereocenters. The van der Waals surface area contributed by atoms with Crippen molar-refractivity contribution in [2.45, 2.75) is 18.6 Å². The molecule has 1 rings (SSSR count). The summed E-state index contributed by atoms with van der Waals surface area (Å²) in [6.45, 7) is 0.787. The van der Waals surface area contributed by atoms with Gasteiger partial charge in [0.15, 0.2) is 0 Å². The lowest BCUT2D eigenvalue weighted by Crippen LogP contribution is -2.31. The molecular formula is C12H19BrN2O2. The summed E-state index contributed by atoms with van der Waals surface area (Å²) in [5.41, 5.74) is 6.71. The Bertz CT molecular complexity index is 360. The minimum atomic E-state index is -0.662. The molecule has 0 heterocycles. The summed E-state index contributed by atoms with van der Waals surface area (Å²) in [4.78, 5) is 0. The topological polar surface area (TPSA) is 67.5 Å². The van der Waals surface area contributed by atoms with Gasteiger partial charge in [-0.25, -0.2) is 0 Å². The van der Waals surface area contributed by atoms with Crippen molar-refractivity contribution in [2.24, 2.45) is 5.73 Å². The van der Waals surface area contributed by atoms with Crippen molar-refractivity contribution in [3.8, 4) is 5.75 Å². The Labute approximate surface area is 110 Å². The molecule has 0 bridgehead atoms. The number of halogens is 1. The highest BCUT2D eigenvalue weighted by Gasteiger charge is 2.17. The molecule has 1 aromatic carbocycles. The van der Waals surface area contributed by atoms with Gasteiger partial charge >= 0.3 is 0 Å². The third-order valence-electron chi connectivity index (χ3n) is 2.65. The van der Waals surface area contributed by atoms with Crippen LogP contribution in [0.3, 0.4) is 0 Å². The van der Waals surface area contributed by atoms with Crippen molar-refractivity contribution in [1.29, 1.82) is 0 Å². The Hall–Kier alpha value is -0.620. The Morgan fingerprint density at radius 3 is 2.76 bits per heavy atom. The van der Waals surface area contributed by atoms with Crippen molar-refractivity contribution < 1.29 is 9.84 Å². The van der Waals surface area contributed by atoms with E-state index in [0.29, 0.717) is 0 Å². The standard InChI is InChI=1S/C12H19BrN2O2/c1-15-6-5-10(14)12(16)8-3-4-11(17-2)9(13)7-8/h3-4,7,10,12,15-16H,5-6,14H2,1-2H3. The van der Waals surface area contributed by atoms with Crippen molar-refractivity contribution in [1.82, 2.24) is 5.32 Å². The molecule has 0 spiro atoms. The molecule has 2 atom stereocenters. The van der Waals surface area contributed by atoms with Gasteiger partial charge in [0, 0.05) is 6.04 Å². The third-order valence-corrected chi connectivity index (χ3v) is 3.27. The van der Waals surface area contributed by atoms with Crippen LogP contribution in [0.2, 0.25) is 0 Å². The summed E-state index contributed by atoms with van der Waals surface area (Å²) in [5.74, 6) is 0.741. The van der Waals surface area contributed by atoms with Gasteiger partial charge in [-0.1, -0.05) is 6.07 Å². The van der Waals surface area contributed by atoms with Crippen LogP contribution in [0.1, 0.15) is 18.1 Å². The molecule has 0 aromatic heterocycles. The zero-order valence-corrected chi connectivity index (χ0v) is 11.7. The first-order valence-electron chi connectivity index (χ1n) is 5.51. The van der Waals surface area contributed by atoms with E-state index in [1.54, 1.807) is 7.11 Å². The lowest BCUT2D eigenvalue weighted by Gasteiger charge is -2.19. The zero-order valence-electron chi connectivity index (χ0n) is 10.1. The van der Waals surface area contributed by atoms with Gasteiger partial charge in [-0.05, 0) is 53.6 Å². The molecule has 96 valence electrons. The third kappa shape index (κ3) is 3.96. The van der Waals surface area contributed by atoms with E-state index in [1.165, 1.54) is 0 Å². The Morgan fingerprint density at radius 2 is 2.24 bits per heavy atom. The number of ether oxygens (including phenoxy) is 1. The Morgan fingerprint density at radius 1 is 1.53 bits per heavy atom. The molecule has 0 aliphatic rings. The van der Waals surface area contributed by atoms with Crippen molar-refractivity contribution >= 4 is 15.9 Å². The van der Waals surface area contributed by atoms with Crippen LogP contribution in [-0.4, -0.2) is 31.9 Å². The van der Waals surface area contributed by atoms with Gasteiger partial charge < -0.3 is 20.9 Å². The first-order chi connectivity index (χ1) is 8.10. The van der Waals surface area contributed by atoms with E-state index in [0.717, 1.165) is 28.8 Å². The lowest BCUT2D eigenvalue weighted by atomic mass is 10.0. The minimum absolute atomic E-state index is 0.275. The van der Waals surface area contributed by atoms with Crippen LogP contribution in [0.5, 0.6) is 5.75 Å². The van der Waals surface area contributed by atoms with E-state index in [9.17, 15) is 5.11 Å². The predicted octanol–water partition coefficient (Wildman–Crippen LogP) is 1.43. The van der Waals surface area contributed by atoms with Crippen molar-refractivity contribution in [3.63, 3.8) is 0 Å². The van der Waals surface area contributed by atoms with Crippen LogP contribution < -0.4 is 15.8 Å². The fraction of sp³-hybridized carbons (Fsp3) is 0.500.